The van der Waals surface area contributed by atoms with E-state index in [0.717, 1.165) is 29.8 Å². The van der Waals surface area contributed by atoms with E-state index in [0.29, 0.717) is 5.39 Å². The minimum atomic E-state index is -2.79. The Balaban J connectivity index is 1.78. The maximum Gasteiger partial charge on any atom is 0.270 e. The summed E-state index contributed by atoms with van der Waals surface area (Å²) in [6, 6.07) is 7.56. The highest BCUT2D eigenvalue weighted by molar-refractivity contribution is 5.77. The van der Waals surface area contributed by atoms with E-state index in [2.05, 4.69) is 20.6 Å². The molecule has 3 heterocycles. The molecule has 1 aromatic carbocycles. The van der Waals surface area contributed by atoms with Gasteiger partial charge in [-0.3, -0.25) is 9.36 Å². The lowest BCUT2D eigenvalue weighted by Gasteiger charge is -2.19. The van der Waals surface area contributed by atoms with Gasteiger partial charge in [0.2, 0.25) is 5.95 Å². The zero-order valence-electron chi connectivity index (χ0n) is 15.6. The molecule has 2 aromatic heterocycles. The second-order valence-electron chi connectivity index (χ2n) is 6.93. The van der Waals surface area contributed by atoms with Crippen molar-refractivity contribution in [2.75, 3.05) is 11.9 Å². The number of hydrogen-bond acceptors (Lipinski definition) is 6. The van der Waals surface area contributed by atoms with E-state index in [1.54, 1.807) is 6.07 Å². The van der Waals surface area contributed by atoms with Gasteiger partial charge >= 0.3 is 0 Å². The van der Waals surface area contributed by atoms with E-state index in [4.69, 9.17) is 5.26 Å². The molecule has 148 valence electrons. The monoisotopic (exact) mass is 396 g/mol. The second kappa shape index (κ2) is 7.56. The number of anilines is 2. The number of halogens is 2. The Morgan fingerprint density at radius 1 is 1.31 bits per heavy atom. The molecule has 4 rings (SSSR count). The summed E-state index contributed by atoms with van der Waals surface area (Å²) in [5, 5.41) is 15.9. The van der Waals surface area contributed by atoms with Gasteiger partial charge in [-0.2, -0.15) is 10.2 Å². The molecule has 0 saturated carbocycles. The number of benzene rings is 1. The van der Waals surface area contributed by atoms with Crippen LogP contribution in [0.1, 0.15) is 29.7 Å². The van der Waals surface area contributed by atoms with Crippen molar-refractivity contribution in [3.8, 4) is 6.07 Å². The number of rotatable bonds is 4. The molecule has 3 aromatic rings. The van der Waals surface area contributed by atoms with Crippen LogP contribution in [-0.4, -0.2) is 27.5 Å². The Morgan fingerprint density at radius 3 is 2.90 bits per heavy atom. The minimum Gasteiger partial charge on any atom is -0.324 e. The molecule has 0 fully saturated rings. The summed E-state index contributed by atoms with van der Waals surface area (Å²) in [5.41, 5.74) is 2.26. The van der Waals surface area contributed by atoms with Crippen molar-refractivity contribution in [2.24, 2.45) is 0 Å². The predicted octanol–water partition coefficient (Wildman–Crippen LogP) is 2.88. The SMILES string of the molecule is CC(C(F)F)n1c(=O)c(C#N)cc2cnc(Nc3ccc4c(c3)CCNC4)nc21. The van der Waals surface area contributed by atoms with E-state index < -0.39 is 18.0 Å². The largest absolute Gasteiger partial charge is 0.324 e. The average Bonchev–Trinajstić information content (AvgIpc) is 2.73. The van der Waals surface area contributed by atoms with E-state index in [1.165, 1.54) is 30.3 Å². The van der Waals surface area contributed by atoms with Gasteiger partial charge in [-0.05, 0) is 49.2 Å². The molecule has 2 N–H and O–H groups in total. The number of nitriles is 1. The summed E-state index contributed by atoms with van der Waals surface area (Å²) in [5.74, 6) is 0.186. The summed E-state index contributed by atoms with van der Waals surface area (Å²) < 4.78 is 27.6. The Hall–Kier alpha value is -3.38. The zero-order chi connectivity index (χ0) is 20.5. The number of aromatic nitrogens is 3. The molecule has 0 aliphatic carbocycles. The molecule has 29 heavy (non-hydrogen) atoms. The van der Waals surface area contributed by atoms with E-state index in [-0.39, 0.29) is 17.2 Å². The summed E-state index contributed by atoms with van der Waals surface area (Å²) in [6.07, 6.45) is -0.459. The fourth-order valence-corrected chi connectivity index (χ4v) is 3.44. The van der Waals surface area contributed by atoms with Crippen LogP contribution < -0.4 is 16.2 Å². The lowest BCUT2D eigenvalue weighted by molar-refractivity contribution is 0.0916. The Kier molecular flexibility index (Phi) is 4.94. The first-order valence-electron chi connectivity index (χ1n) is 9.18. The van der Waals surface area contributed by atoms with Gasteiger partial charge in [-0.15, -0.1) is 0 Å². The van der Waals surface area contributed by atoms with Crippen LogP contribution in [0.5, 0.6) is 0 Å². The third-order valence-electron chi connectivity index (χ3n) is 5.01. The summed E-state index contributed by atoms with van der Waals surface area (Å²) >= 11 is 0. The molecule has 0 saturated heterocycles. The van der Waals surface area contributed by atoms with Crippen LogP contribution in [-0.2, 0) is 13.0 Å². The maximum atomic E-state index is 13.4. The lowest BCUT2D eigenvalue weighted by Crippen LogP contribution is -2.30. The van der Waals surface area contributed by atoms with Crippen LogP contribution in [0.3, 0.4) is 0 Å². The maximum absolute atomic E-state index is 13.4. The molecule has 1 aliphatic heterocycles. The van der Waals surface area contributed by atoms with Crippen LogP contribution in [0.2, 0.25) is 0 Å². The highest BCUT2D eigenvalue weighted by atomic mass is 19.3. The van der Waals surface area contributed by atoms with Gasteiger partial charge in [-0.1, -0.05) is 6.07 Å². The number of hydrogen-bond donors (Lipinski definition) is 2. The third kappa shape index (κ3) is 3.54. The van der Waals surface area contributed by atoms with Gasteiger partial charge in [0.05, 0.1) is 6.04 Å². The van der Waals surface area contributed by atoms with Crippen molar-refractivity contribution in [3.05, 3.63) is 57.5 Å². The van der Waals surface area contributed by atoms with Crippen LogP contribution in [0, 0.1) is 11.3 Å². The van der Waals surface area contributed by atoms with Crippen LogP contribution in [0.4, 0.5) is 20.4 Å². The summed E-state index contributed by atoms with van der Waals surface area (Å²) in [7, 11) is 0. The molecule has 0 radical (unpaired) electrons. The predicted molar refractivity (Wildman–Crippen MR) is 104 cm³/mol. The molecular weight excluding hydrogens is 378 g/mol. The summed E-state index contributed by atoms with van der Waals surface area (Å²) in [4.78, 5) is 21.0. The normalized spacial score (nSPS) is 14.4. The number of fused-ring (bicyclic) bond motifs is 2. The first-order valence-corrected chi connectivity index (χ1v) is 9.18. The third-order valence-corrected chi connectivity index (χ3v) is 5.01. The van der Waals surface area contributed by atoms with Crippen molar-refractivity contribution in [3.63, 3.8) is 0 Å². The standard InChI is InChI=1S/C20H18F2N6O/c1-11(17(21)22)28-18-15(6-14(8-23)19(28)29)10-25-20(27-18)26-16-3-2-13-9-24-5-4-12(13)7-16/h2-3,6-7,10-11,17,24H,4-5,9H2,1H3,(H,25,26,27). The Bertz CT molecular complexity index is 1180. The average molecular weight is 396 g/mol. The number of nitrogens with zero attached hydrogens (tertiary/aromatic N) is 4. The number of pyridine rings is 1. The number of nitrogens with one attached hydrogen (secondary N) is 2. The first kappa shape index (κ1) is 19.0. The second-order valence-corrected chi connectivity index (χ2v) is 6.93. The number of alkyl halides is 2. The molecule has 7 nitrogen and oxygen atoms in total. The lowest BCUT2D eigenvalue weighted by atomic mass is 10.0. The zero-order valence-corrected chi connectivity index (χ0v) is 15.6. The molecular formula is C20H18F2N6O. The fraction of sp³-hybridized carbons (Fsp3) is 0.300. The smallest absolute Gasteiger partial charge is 0.270 e. The minimum absolute atomic E-state index is 0.0569. The molecule has 1 aliphatic rings. The van der Waals surface area contributed by atoms with Gasteiger partial charge in [-0.25, -0.2) is 13.8 Å². The van der Waals surface area contributed by atoms with Crippen molar-refractivity contribution in [1.29, 1.82) is 5.26 Å². The molecule has 1 unspecified atom stereocenters. The molecule has 1 atom stereocenters. The van der Waals surface area contributed by atoms with Gasteiger partial charge in [0.15, 0.2) is 0 Å². The van der Waals surface area contributed by atoms with Crippen molar-refractivity contribution >= 4 is 22.7 Å². The van der Waals surface area contributed by atoms with E-state index in [9.17, 15) is 13.6 Å². The Morgan fingerprint density at radius 2 is 2.14 bits per heavy atom. The molecule has 0 amide bonds. The highest BCUT2D eigenvalue weighted by Crippen LogP contribution is 2.24. The molecule has 0 spiro atoms. The van der Waals surface area contributed by atoms with E-state index >= 15 is 0 Å². The fourth-order valence-electron chi connectivity index (χ4n) is 3.44. The van der Waals surface area contributed by atoms with Crippen LogP contribution >= 0.6 is 0 Å². The topological polar surface area (TPSA) is 95.6 Å². The Labute approximate surface area is 165 Å². The molecule has 0 bridgehead atoms. The highest BCUT2D eigenvalue weighted by Gasteiger charge is 2.23. The van der Waals surface area contributed by atoms with Gasteiger partial charge in [0.1, 0.15) is 17.3 Å². The first-order chi connectivity index (χ1) is 14.0. The van der Waals surface area contributed by atoms with Crippen molar-refractivity contribution in [2.45, 2.75) is 32.4 Å². The molecule has 9 heteroatoms. The van der Waals surface area contributed by atoms with Crippen molar-refractivity contribution < 1.29 is 8.78 Å². The van der Waals surface area contributed by atoms with Crippen molar-refractivity contribution in [1.82, 2.24) is 19.9 Å². The van der Waals surface area contributed by atoms with Gasteiger partial charge < -0.3 is 10.6 Å². The van der Waals surface area contributed by atoms with Gasteiger partial charge in [0, 0.05) is 23.8 Å². The van der Waals surface area contributed by atoms with Crippen LogP contribution in [0.25, 0.3) is 11.0 Å². The summed E-state index contributed by atoms with van der Waals surface area (Å²) in [6.45, 7) is 2.95. The quantitative estimate of drug-likeness (QED) is 0.704. The van der Waals surface area contributed by atoms with E-state index in [1.807, 2.05) is 18.2 Å². The van der Waals surface area contributed by atoms with Gasteiger partial charge in [0.25, 0.3) is 12.0 Å². The van der Waals surface area contributed by atoms with Crippen LogP contribution in [0.15, 0.2) is 35.3 Å².